The van der Waals surface area contributed by atoms with Crippen molar-refractivity contribution in [2.75, 3.05) is 7.11 Å². The van der Waals surface area contributed by atoms with E-state index in [-0.39, 0.29) is 46.7 Å². The Morgan fingerprint density at radius 3 is 1.35 bits per heavy atom. The number of methoxy groups -OCH3 is 1. The second-order valence-electron chi connectivity index (χ2n) is 22.5. The van der Waals surface area contributed by atoms with Crippen LogP contribution in [0.4, 0.5) is 15.8 Å². The maximum atomic E-state index is 13.1. The molecule has 8 aromatic carbocycles. The van der Waals surface area contributed by atoms with E-state index >= 15 is 0 Å². The molecule has 0 bridgehead atoms. The van der Waals surface area contributed by atoms with Gasteiger partial charge in [0.2, 0.25) is 23.0 Å². The summed E-state index contributed by atoms with van der Waals surface area (Å²) in [6.45, 7) is 1.93. The van der Waals surface area contributed by atoms with Crippen LogP contribution < -0.4 is 38.6 Å². The standard InChI is InChI=1S/C19H13ClN4O3S.C18H17ClN4O2.C18H17ClN4.C17H14FN5O3/c20-14-3-1-2-12(10-14)11-16-17(13-4-6-15(7-5-13)24(26)27)22-23(18(16)25)19-21-8-9-28-19;1-25-14-7-5-12(6-8-14)16-15(17(24)23(22-16)18(20)21)10-11-3-2-4-13(19)9-11;1-12-16(11-13-6-5-9-15(19)10-13)17(22-23(12)18(20)21)14-7-3-2-4-8-14;18-12-5-1-10(2-6-12)9-14-15(21-22(16(14)24)17(19)20)11-3-7-13(8-4-11)23(25)26/h1-10,22H,11H2;2-9,22H,10H2,1H3,(H3,20,21);2-10H,11H2,1H3,(H3,20,21);1-8,21H,9H2,(H3,19,20). The van der Waals surface area contributed by atoms with Crippen molar-refractivity contribution in [3.63, 3.8) is 0 Å². The molecule has 0 amide bonds. The monoisotopic (exact) mass is 1450 g/mol. The highest BCUT2D eigenvalue weighted by Crippen LogP contribution is 2.31. The minimum absolute atomic E-state index is 0.0122. The number of hydrogen-bond acceptors (Lipinski definition) is 14. The fraction of sp³-hybridized carbons (Fsp3) is 0.0833. The molecule has 0 aliphatic heterocycles. The third-order valence-corrected chi connectivity index (χ3v) is 17.2. The zero-order valence-corrected chi connectivity index (χ0v) is 57.1. The Morgan fingerprint density at radius 2 is 0.951 bits per heavy atom. The summed E-state index contributed by atoms with van der Waals surface area (Å²) in [6.07, 6.45) is 3.22. The molecule has 0 fully saturated rings. The largest absolute Gasteiger partial charge is 0.497 e. The zero-order chi connectivity index (χ0) is 72.9. The van der Waals surface area contributed by atoms with Crippen molar-refractivity contribution in [1.29, 1.82) is 16.2 Å². The summed E-state index contributed by atoms with van der Waals surface area (Å²) in [5.41, 5.74) is 27.8. The van der Waals surface area contributed by atoms with Crippen molar-refractivity contribution in [3.8, 4) is 55.9 Å². The first-order valence-electron chi connectivity index (χ1n) is 30.7. The van der Waals surface area contributed by atoms with Crippen LogP contribution in [0.5, 0.6) is 5.75 Å². The lowest BCUT2D eigenvalue weighted by Crippen LogP contribution is -2.31. The van der Waals surface area contributed by atoms with Gasteiger partial charge in [-0.25, -0.2) is 14.1 Å². The molecule has 0 unspecified atom stereocenters. The normalized spacial score (nSPS) is 10.7. The zero-order valence-electron chi connectivity index (χ0n) is 54.0. The van der Waals surface area contributed by atoms with Gasteiger partial charge in [0.15, 0.2) is 0 Å². The number of nitro groups is 2. The molecule has 13 aromatic rings. The number of hydrogen-bond donors (Lipinski definition) is 9. The predicted molar refractivity (Wildman–Crippen MR) is 395 cm³/mol. The van der Waals surface area contributed by atoms with Gasteiger partial charge in [0.05, 0.1) is 39.7 Å². The fourth-order valence-electron chi connectivity index (χ4n) is 10.9. The molecule has 13 rings (SSSR count). The predicted octanol–water partition coefficient (Wildman–Crippen LogP) is 13.3. The molecule has 102 heavy (non-hydrogen) atoms. The van der Waals surface area contributed by atoms with Gasteiger partial charge in [0.25, 0.3) is 28.1 Å². The van der Waals surface area contributed by atoms with E-state index in [0.717, 1.165) is 54.1 Å². The summed E-state index contributed by atoms with van der Waals surface area (Å²) < 4.78 is 23.0. The molecule has 0 radical (unpaired) electrons. The number of nitrogens with zero attached hydrogens (tertiary/aromatic N) is 8. The summed E-state index contributed by atoms with van der Waals surface area (Å²) in [5, 5.41) is 62.1. The van der Waals surface area contributed by atoms with Crippen LogP contribution in [0.3, 0.4) is 0 Å². The number of H-pyrrole nitrogens is 3. The highest BCUT2D eigenvalue weighted by Gasteiger charge is 2.23. The molecule has 0 aliphatic rings. The fourth-order valence-corrected chi connectivity index (χ4v) is 12.1. The number of thiazole rings is 1. The van der Waals surface area contributed by atoms with Gasteiger partial charge in [-0.3, -0.25) is 66.1 Å². The Labute approximate surface area is 598 Å². The van der Waals surface area contributed by atoms with Gasteiger partial charge in [-0.2, -0.15) is 19.1 Å². The molecule has 25 nitrogen and oxygen atoms in total. The van der Waals surface area contributed by atoms with Crippen LogP contribution in [0.25, 0.3) is 50.2 Å². The van der Waals surface area contributed by atoms with E-state index in [1.165, 1.54) is 69.2 Å². The summed E-state index contributed by atoms with van der Waals surface area (Å²) in [7, 11) is 1.59. The van der Waals surface area contributed by atoms with Gasteiger partial charge in [0.1, 0.15) is 11.6 Å². The van der Waals surface area contributed by atoms with E-state index in [9.17, 15) is 39.0 Å². The van der Waals surface area contributed by atoms with Gasteiger partial charge in [0, 0.05) is 127 Å². The van der Waals surface area contributed by atoms with Crippen LogP contribution in [0.15, 0.2) is 226 Å². The van der Waals surface area contributed by atoms with Crippen LogP contribution >= 0.6 is 46.1 Å². The maximum absolute atomic E-state index is 13.1. The molecule has 5 aromatic heterocycles. The number of nitrogens with two attached hydrogens (primary N) is 3. The number of aromatic amines is 3. The van der Waals surface area contributed by atoms with Gasteiger partial charge in [-0.05, 0) is 126 Å². The van der Waals surface area contributed by atoms with E-state index < -0.39 is 21.4 Å². The molecular weight excluding hydrogens is 1390 g/mol. The average molecular weight is 1450 g/mol. The van der Waals surface area contributed by atoms with Crippen molar-refractivity contribution < 1.29 is 19.0 Å². The number of ether oxygens (including phenoxy) is 1. The van der Waals surface area contributed by atoms with E-state index in [2.05, 4.69) is 25.4 Å². The highest BCUT2D eigenvalue weighted by atomic mass is 35.5. The molecule has 30 heteroatoms. The third kappa shape index (κ3) is 17.3. The number of benzene rings is 8. The van der Waals surface area contributed by atoms with E-state index in [0.29, 0.717) is 95.7 Å². The molecule has 0 spiro atoms. The Bertz CT molecular complexity index is 5400. The van der Waals surface area contributed by atoms with Crippen LogP contribution in [0.1, 0.15) is 50.2 Å². The Kier molecular flexibility index (Phi) is 22.9. The van der Waals surface area contributed by atoms with Crippen LogP contribution in [-0.4, -0.2) is 78.9 Å². The summed E-state index contributed by atoms with van der Waals surface area (Å²) in [4.78, 5) is 63.3. The number of halogens is 4. The maximum Gasteiger partial charge on any atom is 0.277 e. The van der Waals surface area contributed by atoms with Gasteiger partial charge in [-0.15, -0.1) is 11.3 Å². The number of aromatic nitrogens is 9. The first-order chi connectivity index (χ1) is 48.9. The first kappa shape index (κ1) is 72.2. The van der Waals surface area contributed by atoms with Crippen LogP contribution in [0.2, 0.25) is 15.1 Å². The Morgan fingerprint density at radius 1 is 0.529 bits per heavy atom. The molecular formula is C72H61Cl3FN17O8S. The lowest BCUT2D eigenvalue weighted by molar-refractivity contribution is -0.385. The first-order valence-corrected chi connectivity index (χ1v) is 32.7. The van der Waals surface area contributed by atoms with E-state index in [4.69, 9.17) is 73.0 Å². The van der Waals surface area contributed by atoms with Crippen molar-refractivity contribution >= 4 is 75.4 Å². The smallest absolute Gasteiger partial charge is 0.277 e. The lowest BCUT2D eigenvalue weighted by Gasteiger charge is -2.05. The van der Waals surface area contributed by atoms with Crippen LogP contribution in [0, 0.1) is 49.2 Å². The molecule has 516 valence electrons. The number of rotatable bonds is 16. The number of nitro benzene ring substituents is 2. The summed E-state index contributed by atoms with van der Waals surface area (Å²) in [6, 6.07) is 57.0. The van der Waals surface area contributed by atoms with E-state index in [1.807, 2.05) is 116 Å². The summed E-state index contributed by atoms with van der Waals surface area (Å²) in [5.74, 6) is -0.606. The molecule has 5 heterocycles. The van der Waals surface area contributed by atoms with Gasteiger partial charge >= 0.3 is 0 Å². The number of non-ortho nitro benzene ring substituents is 2. The minimum Gasteiger partial charge on any atom is -0.497 e. The SMILES string of the molecule is COc1ccc(-c2[nH]n(C(=N)N)c(=O)c2Cc2cccc(Cl)c2)cc1.Cc1c(Cc2cccc(Cl)c2)c(-c2ccccc2)nn1C(=N)N.N=C(N)n1[nH]c(-c2ccc([N+](=O)[O-])cc2)c(Cc2ccc(F)cc2)c1=O.O=c1c(Cc2cccc(Cl)c2)c(-c2ccc([N+](=O)[O-])cc2)[nH]n1-c1nccs1. The van der Waals surface area contributed by atoms with Crippen LogP contribution in [-0.2, 0) is 25.7 Å². The topological polar surface area (TPSA) is 389 Å². The molecule has 12 N–H and O–H groups in total. The second-order valence-corrected chi connectivity index (χ2v) is 24.7. The highest BCUT2D eigenvalue weighted by molar-refractivity contribution is 7.12. The van der Waals surface area contributed by atoms with E-state index in [1.54, 1.807) is 61.2 Å². The molecule has 0 aliphatic carbocycles. The van der Waals surface area contributed by atoms with Crippen molar-refractivity contribution in [1.82, 2.24) is 44.1 Å². The van der Waals surface area contributed by atoms with Crippen molar-refractivity contribution in [3.05, 3.63) is 334 Å². The molecule has 0 saturated carbocycles. The number of nitrogen functional groups attached to an aromatic ring is 3. The average Bonchev–Trinajstić information content (AvgIpc) is 1.65. The Balaban J connectivity index is 0.000000147. The molecule has 0 saturated heterocycles. The third-order valence-electron chi connectivity index (χ3n) is 15.8. The molecule has 0 atom stereocenters. The van der Waals surface area contributed by atoms with Crippen molar-refractivity contribution in [2.45, 2.75) is 32.6 Å². The number of nitrogens with one attached hydrogen (secondary N) is 6. The van der Waals surface area contributed by atoms with Gasteiger partial charge in [-0.1, -0.05) is 114 Å². The lowest BCUT2D eigenvalue weighted by atomic mass is 9.99. The van der Waals surface area contributed by atoms with Gasteiger partial charge < -0.3 is 21.9 Å². The van der Waals surface area contributed by atoms with Crippen molar-refractivity contribution in [2.24, 2.45) is 17.2 Å². The minimum atomic E-state index is -0.521. The quantitative estimate of drug-likeness (QED) is 0.0188. The summed E-state index contributed by atoms with van der Waals surface area (Å²) >= 11 is 19.5. The second kappa shape index (κ2) is 32.4. The Hall–Kier alpha value is -12.6.